The lowest BCUT2D eigenvalue weighted by molar-refractivity contribution is -0.392. The van der Waals surface area contributed by atoms with Gasteiger partial charge in [0.25, 0.3) is 11.4 Å². The number of nitro groups is 2. The van der Waals surface area contributed by atoms with Crippen LogP contribution in [-0.4, -0.2) is 15.8 Å². The minimum Gasteiger partial charge on any atom is -0.548 e. The van der Waals surface area contributed by atoms with E-state index in [2.05, 4.69) is 5.32 Å². The van der Waals surface area contributed by atoms with E-state index in [1.807, 2.05) is 0 Å². The van der Waals surface area contributed by atoms with E-state index in [0.717, 1.165) is 12.1 Å². The summed E-state index contributed by atoms with van der Waals surface area (Å²) >= 11 is 0. The number of rotatable bonds is 6. The number of anilines is 1. The Kier molecular flexibility index (Phi) is 4.73. The Bertz CT molecular complexity index is 771. The van der Waals surface area contributed by atoms with Crippen LogP contribution in [-0.2, 0) is 4.79 Å². The van der Waals surface area contributed by atoms with Crippen LogP contribution in [0.3, 0.4) is 0 Å². The standard InChI is InChI=1S/C15H13N3O6/c1-9-7-11(17(21)22)14(12(8-9)18(23)24)16-13(15(19)20)10-5-3-2-4-6-10/h2-8,13,16H,1H3,(H,19,20)/p-1/t13-/m0/s1. The van der Waals surface area contributed by atoms with Crippen LogP contribution in [0.25, 0.3) is 0 Å². The van der Waals surface area contributed by atoms with Gasteiger partial charge in [-0.2, -0.15) is 0 Å². The molecule has 1 N–H and O–H groups in total. The molecule has 0 bridgehead atoms. The Morgan fingerprint density at radius 1 is 1.04 bits per heavy atom. The predicted molar refractivity (Wildman–Crippen MR) is 82.3 cm³/mol. The second-order valence-electron chi connectivity index (χ2n) is 5.00. The van der Waals surface area contributed by atoms with Crippen LogP contribution in [0.4, 0.5) is 17.1 Å². The summed E-state index contributed by atoms with van der Waals surface area (Å²) < 4.78 is 0. The van der Waals surface area contributed by atoms with Gasteiger partial charge in [0.1, 0.15) is 0 Å². The number of nitrogens with one attached hydrogen (secondary N) is 1. The lowest BCUT2D eigenvalue weighted by Crippen LogP contribution is -2.34. The third-order valence-corrected chi connectivity index (χ3v) is 3.29. The van der Waals surface area contributed by atoms with Crippen LogP contribution in [0.15, 0.2) is 42.5 Å². The van der Waals surface area contributed by atoms with Crippen molar-refractivity contribution in [3.05, 3.63) is 73.8 Å². The number of carboxylic acids is 1. The summed E-state index contributed by atoms with van der Waals surface area (Å²) in [5, 5.41) is 36.2. The van der Waals surface area contributed by atoms with Gasteiger partial charge in [0, 0.05) is 12.1 Å². The highest BCUT2D eigenvalue weighted by Crippen LogP contribution is 2.37. The van der Waals surface area contributed by atoms with Crippen LogP contribution in [0.2, 0.25) is 0 Å². The molecule has 9 nitrogen and oxygen atoms in total. The summed E-state index contributed by atoms with van der Waals surface area (Å²) in [6, 6.07) is 8.53. The van der Waals surface area contributed by atoms with Crippen LogP contribution >= 0.6 is 0 Å². The van der Waals surface area contributed by atoms with Crippen LogP contribution in [0.1, 0.15) is 17.2 Å². The molecule has 0 amide bonds. The van der Waals surface area contributed by atoms with Gasteiger partial charge in [0.05, 0.1) is 21.9 Å². The second kappa shape index (κ2) is 6.73. The van der Waals surface area contributed by atoms with Crippen LogP contribution in [0, 0.1) is 27.2 Å². The molecular weight excluding hydrogens is 318 g/mol. The van der Waals surface area contributed by atoms with E-state index in [0.29, 0.717) is 5.56 Å². The van der Waals surface area contributed by atoms with Crippen LogP contribution < -0.4 is 10.4 Å². The fourth-order valence-electron chi connectivity index (χ4n) is 2.25. The highest BCUT2D eigenvalue weighted by Gasteiger charge is 2.28. The van der Waals surface area contributed by atoms with Crippen molar-refractivity contribution in [2.75, 3.05) is 5.32 Å². The van der Waals surface area contributed by atoms with Gasteiger partial charge >= 0.3 is 0 Å². The lowest BCUT2D eigenvalue weighted by atomic mass is 10.1. The molecule has 0 aliphatic heterocycles. The number of aryl methyl sites for hydroxylation is 1. The van der Waals surface area contributed by atoms with Gasteiger partial charge in [-0.25, -0.2) is 0 Å². The Labute approximate surface area is 135 Å². The zero-order valence-corrected chi connectivity index (χ0v) is 12.5. The summed E-state index contributed by atoms with van der Waals surface area (Å²) in [6.45, 7) is 1.47. The van der Waals surface area contributed by atoms with E-state index in [-0.39, 0.29) is 5.56 Å². The van der Waals surface area contributed by atoms with Gasteiger partial charge in [-0.15, -0.1) is 0 Å². The molecule has 2 aromatic rings. The number of nitro benzene ring substituents is 2. The molecule has 0 aromatic heterocycles. The van der Waals surface area contributed by atoms with E-state index < -0.39 is 38.9 Å². The lowest BCUT2D eigenvalue weighted by Gasteiger charge is -2.21. The second-order valence-corrected chi connectivity index (χ2v) is 5.00. The first-order valence-electron chi connectivity index (χ1n) is 6.77. The van der Waals surface area contributed by atoms with E-state index in [4.69, 9.17) is 0 Å². The topological polar surface area (TPSA) is 138 Å². The number of carboxylic acid groups (broad SMARTS) is 1. The van der Waals surface area contributed by atoms with Crippen molar-refractivity contribution >= 4 is 23.0 Å². The smallest absolute Gasteiger partial charge is 0.299 e. The summed E-state index contributed by atoms with van der Waals surface area (Å²) in [5.74, 6) is -1.56. The number of hydrogen-bond acceptors (Lipinski definition) is 7. The van der Waals surface area contributed by atoms with Crippen molar-refractivity contribution in [3.8, 4) is 0 Å². The maximum atomic E-state index is 11.4. The summed E-state index contributed by atoms with van der Waals surface area (Å²) in [5.41, 5.74) is -1.08. The van der Waals surface area contributed by atoms with Crippen molar-refractivity contribution in [1.82, 2.24) is 0 Å². The highest BCUT2D eigenvalue weighted by atomic mass is 16.6. The van der Waals surface area contributed by atoms with Crippen molar-refractivity contribution in [1.29, 1.82) is 0 Å². The molecular formula is C15H12N3O6-. The monoisotopic (exact) mass is 330 g/mol. The molecule has 1 atom stereocenters. The molecule has 2 aromatic carbocycles. The third kappa shape index (κ3) is 3.46. The minimum atomic E-state index is -1.56. The summed E-state index contributed by atoms with van der Waals surface area (Å²) in [7, 11) is 0. The molecule has 0 radical (unpaired) electrons. The first-order chi connectivity index (χ1) is 11.3. The van der Waals surface area contributed by atoms with Gasteiger partial charge in [-0.3, -0.25) is 20.2 Å². The minimum absolute atomic E-state index is 0.252. The highest BCUT2D eigenvalue weighted by molar-refractivity contribution is 5.83. The molecule has 0 aliphatic rings. The van der Waals surface area contributed by atoms with Gasteiger partial charge in [-0.05, 0) is 18.1 Å². The fourth-order valence-corrected chi connectivity index (χ4v) is 2.25. The summed E-state index contributed by atoms with van der Waals surface area (Å²) in [6.07, 6.45) is 0. The molecule has 0 aliphatic carbocycles. The number of carbonyl (C=O) groups is 1. The molecule has 0 saturated carbocycles. The third-order valence-electron chi connectivity index (χ3n) is 3.29. The van der Waals surface area contributed by atoms with Crippen LogP contribution in [0.5, 0.6) is 0 Å². The number of hydrogen-bond donors (Lipinski definition) is 1. The van der Waals surface area contributed by atoms with Gasteiger partial charge < -0.3 is 15.2 Å². The van der Waals surface area contributed by atoms with Gasteiger partial charge in [0.15, 0.2) is 5.69 Å². The Morgan fingerprint density at radius 2 is 1.54 bits per heavy atom. The van der Waals surface area contributed by atoms with E-state index >= 15 is 0 Å². The first kappa shape index (κ1) is 16.9. The molecule has 2 rings (SSSR count). The largest absolute Gasteiger partial charge is 0.548 e. The summed E-state index contributed by atoms with van der Waals surface area (Å²) in [4.78, 5) is 32.2. The number of benzene rings is 2. The zero-order chi connectivity index (χ0) is 17.9. The molecule has 0 unspecified atom stereocenters. The zero-order valence-electron chi connectivity index (χ0n) is 12.5. The number of aliphatic carboxylic acids is 1. The molecule has 124 valence electrons. The van der Waals surface area contributed by atoms with Gasteiger partial charge in [-0.1, -0.05) is 30.3 Å². The average molecular weight is 330 g/mol. The van der Waals surface area contributed by atoms with E-state index in [1.54, 1.807) is 18.2 Å². The number of carbonyl (C=O) groups excluding carboxylic acids is 1. The first-order valence-corrected chi connectivity index (χ1v) is 6.77. The van der Waals surface area contributed by atoms with Crippen molar-refractivity contribution < 1.29 is 19.7 Å². The van der Waals surface area contributed by atoms with Gasteiger partial charge in [0.2, 0.25) is 0 Å². The molecule has 0 spiro atoms. The molecule has 0 heterocycles. The Balaban J connectivity index is 2.59. The fraction of sp³-hybridized carbons (Fsp3) is 0.133. The van der Waals surface area contributed by atoms with Crippen molar-refractivity contribution in [2.45, 2.75) is 13.0 Å². The maximum Gasteiger partial charge on any atom is 0.299 e. The maximum absolute atomic E-state index is 11.4. The quantitative estimate of drug-likeness (QED) is 0.628. The normalized spacial score (nSPS) is 11.5. The molecule has 9 heteroatoms. The number of nitrogens with zero attached hydrogens (tertiary/aromatic N) is 2. The SMILES string of the molecule is Cc1cc([N+](=O)[O-])c(N[C@H](C(=O)[O-])c2ccccc2)c([N+](=O)[O-])c1. The predicted octanol–water partition coefficient (Wildman–Crippen LogP) is 1.71. The van der Waals surface area contributed by atoms with E-state index in [1.165, 1.54) is 19.1 Å². The Morgan fingerprint density at radius 3 is 1.96 bits per heavy atom. The van der Waals surface area contributed by atoms with Crippen molar-refractivity contribution in [2.24, 2.45) is 0 Å². The van der Waals surface area contributed by atoms with E-state index in [9.17, 15) is 30.1 Å². The molecule has 24 heavy (non-hydrogen) atoms. The Hall–Kier alpha value is -3.49. The average Bonchev–Trinajstić information content (AvgIpc) is 2.53. The molecule has 0 fully saturated rings. The van der Waals surface area contributed by atoms with Crippen molar-refractivity contribution in [3.63, 3.8) is 0 Å². The molecule has 0 saturated heterocycles.